The lowest BCUT2D eigenvalue weighted by molar-refractivity contribution is -0.121. The topological polar surface area (TPSA) is 106 Å². The Morgan fingerprint density at radius 2 is 1.85 bits per heavy atom. The number of primary amides is 1. The summed E-state index contributed by atoms with van der Waals surface area (Å²) in [7, 11) is -3.83. The molecule has 1 heterocycles. The lowest BCUT2D eigenvalue weighted by Gasteiger charge is -2.23. The molecule has 6 nitrogen and oxygen atoms in total. The lowest BCUT2D eigenvalue weighted by atomic mass is 10.2. The van der Waals surface area contributed by atoms with Crippen LogP contribution in [0.1, 0.15) is 12.8 Å². The zero-order valence-corrected chi connectivity index (χ0v) is 14.3. The van der Waals surface area contributed by atoms with Crippen molar-refractivity contribution in [3.63, 3.8) is 0 Å². The molecule has 1 unspecified atom stereocenters. The molecule has 2 rings (SSSR count). The number of amides is 1. The molecule has 0 radical (unpaired) electrons. The molecule has 110 valence electrons. The number of anilines is 1. The predicted octanol–water partition coefficient (Wildman–Crippen LogP) is 1.43. The Labute approximate surface area is 133 Å². The molecule has 1 amide bonds. The fraction of sp³-hybridized carbons (Fsp3) is 0.364. The molecule has 9 heteroatoms. The number of rotatable bonds is 3. The van der Waals surface area contributed by atoms with E-state index in [4.69, 9.17) is 11.5 Å². The Hall–Kier alpha value is -0.640. The largest absolute Gasteiger partial charge is 0.399 e. The molecular formula is C11H13Br2N3O3S. The quantitative estimate of drug-likeness (QED) is 0.712. The summed E-state index contributed by atoms with van der Waals surface area (Å²) < 4.78 is 27.3. The second-order valence-corrected chi connectivity index (χ2v) is 8.03. The summed E-state index contributed by atoms with van der Waals surface area (Å²) in [4.78, 5) is 11.4. The number of halogens is 2. The summed E-state index contributed by atoms with van der Waals surface area (Å²) >= 11 is 6.41. The Bertz CT molecular complexity index is 640. The Morgan fingerprint density at radius 3 is 2.35 bits per heavy atom. The zero-order valence-electron chi connectivity index (χ0n) is 10.3. The van der Waals surface area contributed by atoms with Gasteiger partial charge in [-0.3, -0.25) is 4.79 Å². The van der Waals surface area contributed by atoms with Gasteiger partial charge in [-0.2, -0.15) is 4.31 Å². The van der Waals surface area contributed by atoms with Gasteiger partial charge >= 0.3 is 0 Å². The minimum Gasteiger partial charge on any atom is -0.399 e. The van der Waals surface area contributed by atoms with Crippen molar-refractivity contribution in [2.75, 3.05) is 12.3 Å². The van der Waals surface area contributed by atoms with E-state index in [0.29, 0.717) is 27.5 Å². The van der Waals surface area contributed by atoms with Crippen LogP contribution in [0.15, 0.2) is 26.0 Å². The summed E-state index contributed by atoms with van der Waals surface area (Å²) in [5, 5.41) is 0. The number of carbonyl (C=O) groups is 1. The monoisotopic (exact) mass is 425 g/mol. The van der Waals surface area contributed by atoms with Crippen molar-refractivity contribution < 1.29 is 13.2 Å². The van der Waals surface area contributed by atoms with Crippen molar-refractivity contribution in [1.82, 2.24) is 4.31 Å². The molecule has 0 spiro atoms. The van der Waals surface area contributed by atoms with E-state index in [-0.39, 0.29) is 11.4 Å². The van der Waals surface area contributed by atoms with Gasteiger partial charge in [-0.25, -0.2) is 8.42 Å². The van der Waals surface area contributed by atoms with E-state index < -0.39 is 22.0 Å². The molecule has 1 atom stereocenters. The minimum absolute atomic E-state index is 0.0554. The number of carbonyl (C=O) groups excluding carboxylic acids is 1. The average Bonchev–Trinajstić information content (AvgIpc) is 2.75. The third-order valence-electron chi connectivity index (χ3n) is 3.12. The van der Waals surface area contributed by atoms with Crippen LogP contribution in [0.5, 0.6) is 0 Å². The van der Waals surface area contributed by atoms with Gasteiger partial charge in [0.1, 0.15) is 10.9 Å². The highest BCUT2D eigenvalue weighted by Crippen LogP contribution is 2.36. The number of hydrogen-bond acceptors (Lipinski definition) is 4. The summed E-state index contributed by atoms with van der Waals surface area (Å²) in [5.41, 5.74) is 11.4. The first kappa shape index (κ1) is 15.7. The first-order valence-corrected chi connectivity index (χ1v) is 8.83. The summed E-state index contributed by atoms with van der Waals surface area (Å²) in [6.45, 7) is 0.277. The van der Waals surface area contributed by atoms with E-state index in [1.54, 1.807) is 0 Å². The molecule has 1 aromatic rings. The van der Waals surface area contributed by atoms with Crippen molar-refractivity contribution in [3.05, 3.63) is 21.1 Å². The van der Waals surface area contributed by atoms with Crippen molar-refractivity contribution in [3.8, 4) is 0 Å². The van der Waals surface area contributed by atoms with Crippen LogP contribution in [0.25, 0.3) is 0 Å². The van der Waals surface area contributed by atoms with Crippen molar-refractivity contribution in [2.45, 2.75) is 23.8 Å². The van der Waals surface area contributed by atoms with Gasteiger partial charge in [0.05, 0.1) is 0 Å². The van der Waals surface area contributed by atoms with Crippen LogP contribution in [0.4, 0.5) is 5.69 Å². The van der Waals surface area contributed by atoms with Crippen LogP contribution in [-0.4, -0.2) is 31.2 Å². The molecule has 1 aromatic carbocycles. The lowest BCUT2D eigenvalue weighted by Crippen LogP contribution is -2.43. The number of nitrogen functional groups attached to an aromatic ring is 1. The van der Waals surface area contributed by atoms with Gasteiger partial charge in [0.15, 0.2) is 0 Å². The molecule has 4 N–H and O–H groups in total. The fourth-order valence-electron chi connectivity index (χ4n) is 2.26. The standard InChI is InChI=1S/C11H13Br2N3O3S/c12-7-4-6(14)5-8(13)10(7)20(18,19)16-3-1-2-9(16)11(15)17/h4-5,9H,1-3,14H2,(H2,15,17). The first-order chi connectivity index (χ1) is 9.25. The highest BCUT2D eigenvalue weighted by Gasteiger charge is 2.40. The molecule has 20 heavy (non-hydrogen) atoms. The summed E-state index contributed by atoms with van der Waals surface area (Å²) in [5.74, 6) is -0.631. The molecule has 1 aliphatic heterocycles. The summed E-state index contributed by atoms with van der Waals surface area (Å²) in [6, 6.07) is 2.22. The maximum Gasteiger partial charge on any atom is 0.246 e. The fourth-order valence-corrected chi connectivity index (χ4v) is 6.46. The van der Waals surface area contributed by atoms with Gasteiger partial charge in [-0.05, 0) is 56.8 Å². The van der Waals surface area contributed by atoms with Crippen molar-refractivity contribution in [2.24, 2.45) is 5.73 Å². The Morgan fingerprint density at radius 1 is 1.30 bits per heavy atom. The van der Waals surface area contributed by atoms with E-state index in [0.717, 1.165) is 4.31 Å². The van der Waals surface area contributed by atoms with Crippen LogP contribution >= 0.6 is 31.9 Å². The molecular weight excluding hydrogens is 414 g/mol. The Balaban J connectivity index is 2.54. The molecule has 0 bridgehead atoms. The van der Waals surface area contributed by atoms with Crippen LogP contribution in [0.3, 0.4) is 0 Å². The minimum atomic E-state index is -3.83. The number of benzene rings is 1. The zero-order chi connectivity index (χ0) is 15.1. The molecule has 1 fully saturated rings. The second-order valence-electron chi connectivity index (χ2n) is 4.49. The van der Waals surface area contributed by atoms with Crippen molar-refractivity contribution >= 4 is 53.5 Å². The molecule has 0 aromatic heterocycles. The average molecular weight is 427 g/mol. The summed E-state index contributed by atoms with van der Waals surface area (Å²) in [6.07, 6.45) is 1.05. The van der Waals surface area contributed by atoms with Crippen molar-refractivity contribution in [1.29, 1.82) is 0 Å². The third kappa shape index (κ3) is 2.72. The molecule has 0 saturated carbocycles. The maximum absolute atomic E-state index is 12.7. The van der Waals surface area contributed by atoms with Crippen LogP contribution in [0.2, 0.25) is 0 Å². The van der Waals surface area contributed by atoms with Gasteiger partial charge in [0.25, 0.3) is 0 Å². The van der Waals surface area contributed by atoms with Gasteiger partial charge < -0.3 is 11.5 Å². The third-order valence-corrected chi connectivity index (χ3v) is 6.91. The number of nitrogens with two attached hydrogens (primary N) is 2. The van der Waals surface area contributed by atoms with Crippen LogP contribution < -0.4 is 11.5 Å². The number of nitrogens with zero attached hydrogens (tertiary/aromatic N) is 1. The van der Waals surface area contributed by atoms with Gasteiger partial charge in [-0.15, -0.1) is 0 Å². The van der Waals surface area contributed by atoms with Crippen LogP contribution in [-0.2, 0) is 14.8 Å². The maximum atomic E-state index is 12.7. The highest BCUT2D eigenvalue weighted by atomic mass is 79.9. The van der Waals surface area contributed by atoms with Crippen LogP contribution in [0, 0.1) is 0 Å². The van der Waals surface area contributed by atoms with E-state index in [1.807, 2.05) is 0 Å². The van der Waals surface area contributed by atoms with E-state index >= 15 is 0 Å². The SMILES string of the molecule is NC(=O)C1CCCN1S(=O)(=O)c1c(Br)cc(N)cc1Br. The van der Waals surface area contributed by atoms with E-state index in [9.17, 15) is 13.2 Å². The smallest absolute Gasteiger partial charge is 0.246 e. The normalized spacial score (nSPS) is 20.2. The molecule has 1 saturated heterocycles. The highest BCUT2D eigenvalue weighted by molar-refractivity contribution is 9.11. The predicted molar refractivity (Wildman–Crippen MR) is 82.4 cm³/mol. The number of hydrogen-bond donors (Lipinski definition) is 2. The Kier molecular flexibility index (Phi) is 4.43. The first-order valence-electron chi connectivity index (χ1n) is 5.81. The van der Waals surface area contributed by atoms with E-state index in [1.165, 1.54) is 12.1 Å². The van der Waals surface area contributed by atoms with Gasteiger partial charge in [0.2, 0.25) is 15.9 Å². The van der Waals surface area contributed by atoms with Gasteiger partial charge in [0, 0.05) is 21.2 Å². The molecule has 0 aliphatic carbocycles. The number of sulfonamides is 1. The van der Waals surface area contributed by atoms with E-state index in [2.05, 4.69) is 31.9 Å². The molecule has 1 aliphatic rings. The second kappa shape index (κ2) is 5.63. The van der Waals surface area contributed by atoms with Gasteiger partial charge in [-0.1, -0.05) is 0 Å².